The molecule has 21 heavy (non-hydrogen) atoms. The van der Waals surface area contributed by atoms with Crippen LogP contribution in [-0.2, 0) is 6.42 Å². The predicted molar refractivity (Wildman–Crippen MR) is 87.4 cm³/mol. The molecule has 1 N–H and O–H groups in total. The van der Waals surface area contributed by atoms with Crippen LogP contribution < -0.4 is 9.47 Å². The molecule has 0 spiro atoms. The highest BCUT2D eigenvalue weighted by Crippen LogP contribution is 2.38. The summed E-state index contributed by atoms with van der Waals surface area (Å²) in [6, 6.07) is 11.3. The lowest BCUT2D eigenvalue weighted by atomic mass is 10.0. The lowest BCUT2D eigenvalue weighted by Crippen LogP contribution is -2.03. The quantitative estimate of drug-likeness (QED) is 0.847. The van der Waals surface area contributed by atoms with Gasteiger partial charge >= 0.3 is 0 Å². The zero-order valence-corrected chi connectivity index (χ0v) is 14.1. The van der Waals surface area contributed by atoms with Crippen molar-refractivity contribution in [2.24, 2.45) is 0 Å². The second kappa shape index (κ2) is 7.16. The summed E-state index contributed by atoms with van der Waals surface area (Å²) in [6.07, 6.45) is -0.178. The van der Waals surface area contributed by atoms with Crippen molar-refractivity contribution in [3.63, 3.8) is 0 Å². The number of aliphatic hydroxyl groups is 1. The third-order valence-corrected chi connectivity index (χ3v) is 3.93. The van der Waals surface area contributed by atoms with E-state index in [1.165, 1.54) is 7.11 Å². The molecule has 2 aromatic rings. The Morgan fingerprint density at radius 3 is 2.57 bits per heavy atom. The molecular formula is C16H16BrClO3. The average molecular weight is 372 g/mol. The van der Waals surface area contributed by atoms with Gasteiger partial charge in [0.15, 0.2) is 11.5 Å². The molecule has 2 rings (SSSR count). The molecule has 0 bridgehead atoms. The minimum absolute atomic E-state index is 0.417. The summed E-state index contributed by atoms with van der Waals surface area (Å²) in [7, 11) is 3.07. The van der Waals surface area contributed by atoms with Gasteiger partial charge in [0, 0.05) is 10.9 Å². The van der Waals surface area contributed by atoms with Crippen LogP contribution in [0.25, 0.3) is 0 Å². The van der Waals surface area contributed by atoms with Crippen LogP contribution in [-0.4, -0.2) is 19.3 Å². The predicted octanol–water partition coefficient (Wildman–Crippen LogP) is 4.40. The Balaban J connectivity index is 2.27. The minimum Gasteiger partial charge on any atom is -0.493 e. The van der Waals surface area contributed by atoms with E-state index in [0.29, 0.717) is 28.5 Å². The summed E-state index contributed by atoms with van der Waals surface area (Å²) in [4.78, 5) is 0. The largest absolute Gasteiger partial charge is 0.493 e. The highest BCUT2D eigenvalue weighted by atomic mass is 79.9. The minimum atomic E-state index is -0.670. The SMILES string of the molecule is COc1cc(C(O)Cc2cccc(Br)c2)cc(Cl)c1OC. The maximum Gasteiger partial charge on any atom is 0.179 e. The van der Waals surface area contributed by atoms with Crippen LogP contribution in [0.5, 0.6) is 11.5 Å². The van der Waals surface area contributed by atoms with Crippen molar-refractivity contribution in [1.82, 2.24) is 0 Å². The summed E-state index contributed by atoms with van der Waals surface area (Å²) in [5.74, 6) is 0.978. The third kappa shape index (κ3) is 3.90. The van der Waals surface area contributed by atoms with Crippen LogP contribution >= 0.6 is 27.5 Å². The molecule has 0 radical (unpaired) electrons. The fourth-order valence-electron chi connectivity index (χ4n) is 2.14. The number of hydrogen-bond donors (Lipinski definition) is 1. The molecule has 0 aliphatic rings. The van der Waals surface area contributed by atoms with Gasteiger partial charge in [-0.1, -0.05) is 39.7 Å². The van der Waals surface area contributed by atoms with E-state index in [1.54, 1.807) is 19.2 Å². The fourth-order valence-corrected chi connectivity index (χ4v) is 2.88. The number of benzene rings is 2. The molecule has 0 heterocycles. The summed E-state index contributed by atoms with van der Waals surface area (Å²) < 4.78 is 11.4. The summed E-state index contributed by atoms with van der Waals surface area (Å²) in [6.45, 7) is 0. The molecule has 5 heteroatoms. The average Bonchev–Trinajstić information content (AvgIpc) is 2.46. The van der Waals surface area contributed by atoms with E-state index in [4.69, 9.17) is 21.1 Å². The number of ether oxygens (including phenoxy) is 2. The smallest absolute Gasteiger partial charge is 0.179 e. The zero-order valence-electron chi connectivity index (χ0n) is 11.8. The van der Waals surface area contributed by atoms with E-state index >= 15 is 0 Å². The van der Waals surface area contributed by atoms with Crippen LogP contribution in [0.15, 0.2) is 40.9 Å². The number of methoxy groups -OCH3 is 2. The highest BCUT2D eigenvalue weighted by molar-refractivity contribution is 9.10. The van der Waals surface area contributed by atoms with E-state index in [-0.39, 0.29) is 0 Å². The first-order valence-electron chi connectivity index (χ1n) is 6.39. The molecule has 3 nitrogen and oxygen atoms in total. The molecule has 0 aliphatic carbocycles. The molecule has 1 atom stereocenters. The second-order valence-corrected chi connectivity index (χ2v) is 5.91. The van der Waals surface area contributed by atoms with Crippen LogP contribution in [0.3, 0.4) is 0 Å². The molecular weight excluding hydrogens is 356 g/mol. The van der Waals surface area contributed by atoms with E-state index in [9.17, 15) is 5.11 Å². The molecule has 0 aliphatic heterocycles. The number of rotatable bonds is 5. The lowest BCUT2D eigenvalue weighted by Gasteiger charge is -2.16. The maximum atomic E-state index is 10.4. The van der Waals surface area contributed by atoms with Gasteiger partial charge in [-0.15, -0.1) is 0 Å². The van der Waals surface area contributed by atoms with Crippen molar-refractivity contribution < 1.29 is 14.6 Å². The Hall–Kier alpha value is -1.23. The van der Waals surface area contributed by atoms with Gasteiger partial charge in [0.1, 0.15) is 0 Å². The fraction of sp³-hybridized carbons (Fsp3) is 0.250. The first kappa shape index (κ1) is 16.1. The van der Waals surface area contributed by atoms with Crippen molar-refractivity contribution >= 4 is 27.5 Å². The summed E-state index contributed by atoms with van der Waals surface area (Å²) in [5.41, 5.74) is 1.72. The zero-order chi connectivity index (χ0) is 15.4. The monoisotopic (exact) mass is 370 g/mol. The molecule has 1 unspecified atom stereocenters. The maximum absolute atomic E-state index is 10.4. The number of aliphatic hydroxyl groups excluding tert-OH is 1. The molecule has 112 valence electrons. The molecule has 0 saturated heterocycles. The Bertz CT molecular complexity index is 631. The van der Waals surface area contributed by atoms with Gasteiger partial charge < -0.3 is 14.6 Å². The molecule has 0 fully saturated rings. The lowest BCUT2D eigenvalue weighted by molar-refractivity contribution is 0.178. The van der Waals surface area contributed by atoms with Gasteiger partial charge in [0.25, 0.3) is 0 Å². The molecule has 0 saturated carbocycles. The Labute approximate surface area is 137 Å². The Morgan fingerprint density at radius 1 is 1.19 bits per heavy atom. The number of halogens is 2. The van der Waals surface area contributed by atoms with Crippen LogP contribution in [0.2, 0.25) is 5.02 Å². The van der Waals surface area contributed by atoms with Gasteiger partial charge in [0.05, 0.1) is 25.3 Å². The van der Waals surface area contributed by atoms with Crippen molar-refractivity contribution in [1.29, 1.82) is 0 Å². The van der Waals surface area contributed by atoms with Crippen LogP contribution in [0, 0.1) is 0 Å². The van der Waals surface area contributed by atoms with Crippen molar-refractivity contribution in [2.75, 3.05) is 14.2 Å². The molecule has 0 amide bonds. The standard InChI is InChI=1S/C16H16BrClO3/c1-20-15-9-11(8-13(18)16(15)21-2)14(19)7-10-4-3-5-12(17)6-10/h3-6,8-9,14,19H,7H2,1-2H3. The Morgan fingerprint density at radius 2 is 1.95 bits per heavy atom. The van der Waals surface area contributed by atoms with Crippen molar-refractivity contribution in [2.45, 2.75) is 12.5 Å². The summed E-state index contributed by atoms with van der Waals surface area (Å²) >= 11 is 9.58. The van der Waals surface area contributed by atoms with Crippen molar-refractivity contribution in [3.8, 4) is 11.5 Å². The van der Waals surface area contributed by atoms with Gasteiger partial charge in [0.2, 0.25) is 0 Å². The molecule has 2 aromatic carbocycles. The van der Waals surface area contributed by atoms with E-state index < -0.39 is 6.10 Å². The molecule has 0 aromatic heterocycles. The number of hydrogen-bond acceptors (Lipinski definition) is 3. The normalized spacial score (nSPS) is 12.0. The van der Waals surface area contributed by atoms with E-state index in [1.807, 2.05) is 24.3 Å². The first-order valence-corrected chi connectivity index (χ1v) is 7.56. The summed E-state index contributed by atoms with van der Waals surface area (Å²) in [5, 5.41) is 10.8. The van der Waals surface area contributed by atoms with E-state index in [2.05, 4.69) is 15.9 Å². The third-order valence-electron chi connectivity index (χ3n) is 3.16. The second-order valence-electron chi connectivity index (χ2n) is 4.59. The highest BCUT2D eigenvalue weighted by Gasteiger charge is 2.16. The van der Waals surface area contributed by atoms with Gasteiger partial charge in [-0.2, -0.15) is 0 Å². The van der Waals surface area contributed by atoms with Gasteiger partial charge in [-0.3, -0.25) is 0 Å². The van der Waals surface area contributed by atoms with Crippen LogP contribution in [0.4, 0.5) is 0 Å². The first-order chi connectivity index (χ1) is 10.0. The topological polar surface area (TPSA) is 38.7 Å². The van der Waals surface area contributed by atoms with Crippen LogP contribution in [0.1, 0.15) is 17.2 Å². The Kier molecular flexibility index (Phi) is 5.51. The van der Waals surface area contributed by atoms with E-state index in [0.717, 1.165) is 10.0 Å². The van der Waals surface area contributed by atoms with Gasteiger partial charge in [-0.05, 0) is 35.4 Å². The van der Waals surface area contributed by atoms with Crippen molar-refractivity contribution in [3.05, 3.63) is 57.0 Å². The van der Waals surface area contributed by atoms with Gasteiger partial charge in [-0.25, -0.2) is 0 Å².